The molecule has 3 aromatic heterocycles. The van der Waals surface area contributed by atoms with E-state index >= 15 is 0 Å². The van der Waals surface area contributed by atoms with Crippen molar-refractivity contribution in [3.63, 3.8) is 0 Å². The first-order chi connectivity index (χ1) is 13.5. The maximum absolute atomic E-state index is 12.2. The molecule has 0 saturated heterocycles. The van der Waals surface area contributed by atoms with E-state index in [1.807, 2.05) is 31.7 Å². The lowest BCUT2D eigenvalue weighted by Gasteiger charge is -2.09. The van der Waals surface area contributed by atoms with E-state index in [1.165, 1.54) is 0 Å². The largest absolute Gasteiger partial charge is 0.328 e. The minimum Gasteiger partial charge on any atom is -0.295 e. The molecule has 0 aliphatic carbocycles. The van der Waals surface area contributed by atoms with Crippen molar-refractivity contribution < 1.29 is 0 Å². The lowest BCUT2D eigenvalue weighted by atomic mass is 9.98. The van der Waals surface area contributed by atoms with Crippen LogP contribution in [0.15, 0.2) is 65.8 Å². The molecule has 5 aromatic rings. The van der Waals surface area contributed by atoms with Crippen LogP contribution in [0.5, 0.6) is 0 Å². The van der Waals surface area contributed by atoms with E-state index in [0.717, 1.165) is 44.2 Å². The van der Waals surface area contributed by atoms with Crippen LogP contribution < -0.4 is 5.69 Å². The Kier molecular flexibility index (Phi) is 3.49. The Labute approximate surface area is 161 Å². The molecule has 6 heteroatoms. The number of hydrogen-bond acceptors (Lipinski definition) is 3. The molecule has 0 atom stereocenters. The zero-order valence-corrected chi connectivity index (χ0v) is 15.9. The van der Waals surface area contributed by atoms with E-state index in [0.29, 0.717) is 0 Å². The average molecular weight is 369 g/mol. The normalized spacial score (nSPS) is 11.5. The van der Waals surface area contributed by atoms with Gasteiger partial charge in [-0.15, -0.1) is 0 Å². The number of aryl methyl sites for hydroxylation is 3. The van der Waals surface area contributed by atoms with E-state index < -0.39 is 0 Å². The summed E-state index contributed by atoms with van der Waals surface area (Å²) in [6.07, 6.45) is 5.70. The molecular formula is C22H19N5O. The van der Waals surface area contributed by atoms with E-state index in [-0.39, 0.29) is 5.69 Å². The van der Waals surface area contributed by atoms with Gasteiger partial charge in [-0.25, -0.2) is 4.79 Å². The van der Waals surface area contributed by atoms with Gasteiger partial charge in [0.25, 0.3) is 0 Å². The lowest BCUT2D eigenvalue weighted by Crippen LogP contribution is -2.19. The number of nitrogens with zero attached hydrogens (tertiary/aromatic N) is 5. The molecule has 5 rings (SSSR count). The van der Waals surface area contributed by atoms with Gasteiger partial charge in [0.2, 0.25) is 0 Å². The Balaban J connectivity index is 1.70. The Hall–Kier alpha value is -3.67. The van der Waals surface area contributed by atoms with Gasteiger partial charge in [-0.2, -0.15) is 5.10 Å². The van der Waals surface area contributed by atoms with Crippen molar-refractivity contribution in [1.82, 2.24) is 23.9 Å². The first-order valence-corrected chi connectivity index (χ1v) is 9.06. The number of benzene rings is 2. The zero-order chi connectivity index (χ0) is 19.4. The van der Waals surface area contributed by atoms with Crippen molar-refractivity contribution in [2.24, 2.45) is 21.1 Å². The highest BCUT2D eigenvalue weighted by Gasteiger charge is 2.11. The highest BCUT2D eigenvalue weighted by molar-refractivity contribution is 5.99. The smallest absolute Gasteiger partial charge is 0.295 e. The molecule has 0 spiro atoms. The molecule has 3 heterocycles. The second-order valence-electron chi connectivity index (χ2n) is 7.10. The third kappa shape index (κ3) is 2.38. The van der Waals surface area contributed by atoms with Crippen LogP contribution in [0.3, 0.4) is 0 Å². The van der Waals surface area contributed by atoms with Crippen LogP contribution in [0.1, 0.15) is 0 Å². The number of hydrogen-bond donors (Lipinski definition) is 0. The molecule has 0 radical (unpaired) electrons. The van der Waals surface area contributed by atoms with Crippen molar-refractivity contribution in [2.75, 3.05) is 0 Å². The first kappa shape index (κ1) is 16.5. The summed E-state index contributed by atoms with van der Waals surface area (Å²) in [6.45, 7) is 0. The van der Waals surface area contributed by atoms with Gasteiger partial charge in [-0.05, 0) is 34.7 Å². The predicted octanol–water partition coefficient (Wildman–Crippen LogP) is 3.49. The molecule has 2 aromatic carbocycles. The fraction of sp³-hybridized carbons (Fsp3) is 0.136. The lowest BCUT2D eigenvalue weighted by molar-refractivity contribution is 0.768. The molecule has 0 aliphatic rings. The fourth-order valence-corrected chi connectivity index (χ4v) is 3.81. The van der Waals surface area contributed by atoms with Gasteiger partial charge in [0, 0.05) is 44.5 Å². The third-order valence-corrected chi connectivity index (χ3v) is 5.35. The summed E-state index contributed by atoms with van der Waals surface area (Å²) in [5.41, 5.74) is 5.88. The van der Waals surface area contributed by atoms with Gasteiger partial charge < -0.3 is 0 Å². The van der Waals surface area contributed by atoms with Crippen LogP contribution in [0.4, 0.5) is 0 Å². The van der Waals surface area contributed by atoms with Crippen molar-refractivity contribution >= 4 is 21.8 Å². The Bertz CT molecular complexity index is 1420. The van der Waals surface area contributed by atoms with Crippen LogP contribution >= 0.6 is 0 Å². The van der Waals surface area contributed by atoms with E-state index in [4.69, 9.17) is 0 Å². The van der Waals surface area contributed by atoms with Crippen molar-refractivity contribution in [1.29, 1.82) is 0 Å². The number of pyridine rings is 1. The summed E-state index contributed by atoms with van der Waals surface area (Å²) in [5, 5.41) is 6.43. The highest BCUT2D eigenvalue weighted by Crippen LogP contribution is 2.31. The monoisotopic (exact) mass is 369 g/mol. The molecule has 0 aliphatic heterocycles. The molecule has 0 N–H and O–H groups in total. The van der Waals surface area contributed by atoms with Crippen LogP contribution in [0.2, 0.25) is 0 Å². The summed E-state index contributed by atoms with van der Waals surface area (Å²) in [6, 6.07) is 14.5. The molecule has 0 amide bonds. The first-order valence-electron chi connectivity index (χ1n) is 9.06. The van der Waals surface area contributed by atoms with Crippen LogP contribution in [-0.4, -0.2) is 23.9 Å². The second-order valence-corrected chi connectivity index (χ2v) is 7.10. The number of aromatic nitrogens is 5. The van der Waals surface area contributed by atoms with Crippen LogP contribution in [-0.2, 0) is 21.1 Å². The van der Waals surface area contributed by atoms with Crippen LogP contribution in [0, 0.1) is 0 Å². The molecule has 6 nitrogen and oxygen atoms in total. The topological polar surface area (TPSA) is 57.6 Å². The number of imidazole rings is 1. The molecule has 0 saturated carbocycles. The Morgan fingerprint density at radius 2 is 1.68 bits per heavy atom. The SMILES string of the molecule is Cn1cc(-c2cc3cccc(-c4ccc5c(c4)n(C)c(=O)n5C)c3cn2)cn1. The fourth-order valence-electron chi connectivity index (χ4n) is 3.81. The minimum atomic E-state index is -0.0205. The van der Waals surface area contributed by atoms with Gasteiger partial charge in [0.15, 0.2) is 0 Å². The van der Waals surface area contributed by atoms with Crippen molar-refractivity contribution in [3.8, 4) is 22.4 Å². The van der Waals surface area contributed by atoms with Crippen LogP contribution in [0.25, 0.3) is 44.2 Å². The van der Waals surface area contributed by atoms with E-state index in [1.54, 1.807) is 27.9 Å². The predicted molar refractivity (Wildman–Crippen MR) is 111 cm³/mol. The summed E-state index contributed by atoms with van der Waals surface area (Å²) in [4.78, 5) is 16.9. The maximum atomic E-state index is 12.2. The molecule has 0 fully saturated rings. The summed E-state index contributed by atoms with van der Waals surface area (Å²) < 4.78 is 5.13. The standard InChI is InChI=1S/C22H19N5O/c1-25-13-16(11-24-25)19-9-14-5-4-6-17(18(14)12-23-19)15-7-8-20-21(10-15)27(3)22(28)26(20)2/h4-13H,1-3H3. The quantitative estimate of drug-likeness (QED) is 0.479. The zero-order valence-electron chi connectivity index (χ0n) is 15.9. The average Bonchev–Trinajstić information content (AvgIpc) is 3.25. The number of fused-ring (bicyclic) bond motifs is 2. The van der Waals surface area contributed by atoms with Gasteiger partial charge >= 0.3 is 5.69 Å². The van der Waals surface area contributed by atoms with Gasteiger partial charge in [-0.3, -0.25) is 18.8 Å². The van der Waals surface area contributed by atoms with Gasteiger partial charge in [0.1, 0.15) is 0 Å². The molecule has 0 bridgehead atoms. The maximum Gasteiger partial charge on any atom is 0.328 e. The second kappa shape index (κ2) is 5.92. The van der Waals surface area contributed by atoms with Crippen molar-refractivity contribution in [3.05, 3.63) is 71.5 Å². The third-order valence-electron chi connectivity index (χ3n) is 5.35. The summed E-state index contributed by atoms with van der Waals surface area (Å²) in [7, 11) is 5.50. The number of rotatable bonds is 2. The van der Waals surface area contributed by atoms with Gasteiger partial charge in [0.05, 0.1) is 22.9 Å². The summed E-state index contributed by atoms with van der Waals surface area (Å²) >= 11 is 0. The Morgan fingerprint density at radius 1 is 0.857 bits per heavy atom. The van der Waals surface area contributed by atoms with Gasteiger partial charge in [-0.1, -0.05) is 24.3 Å². The molecule has 138 valence electrons. The molecular weight excluding hydrogens is 350 g/mol. The Morgan fingerprint density at radius 3 is 2.46 bits per heavy atom. The molecule has 28 heavy (non-hydrogen) atoms. The summed E-state index contributed by atoms with van der Waals surface area (Å²) in [5.74, 6) is 0. The molecule has 0 unspecified atom stereocenters. The minimum absolute atomic E-state index is 0.0205. The van der Waals surface area contributed by atoms with Crippen molar-refractivity contribution in [2.45, 2.75) is 0 Å². The van der Waals surface area contributed by atoms with E-state index in [2.05, 4.69) is 46.5 Å². The van der Waals surface area contributed by atoms with E-state index in [9.17, 15) is 4.79 Å². The highest BCUT2D eigenvalue weighted by atomic mass is 16.1.